The van der Waals surface area contributed by atoms with Gasteiger partial charge >= 0.3 is 0 Å². The zero-order valence-corrected chi connectivity index (χ0v) is 18.9. The average Bonchev–Trinajstić information content (AvgIpc) is 3.59. The fourth-order valence-corrected chi connectivity index (χ4v) is 6.69. The summed E-state index contributed by atoms with van der Waals surface area (Å²) in [7, 11) is 0. The molecule has 3 nitrogen and oxygen atoms in total. The minimum Gasteiger partial charge on any atom is -0.292 e. The first-order valence-corrected chi connectivity index (χ1v) is 12.2. The van der Waals surface area contributed by atoms with E-state index in [1.807, 2.05) is 12.4 Å². The molecule has 0 amide bonds. The molecular formula is C32H19N3. The van der Waals surface area contributed by atoms with Gasteiger partial charge in [0.25, 0.3) is 0 Å². The number of benzene rings is 4. The zero-order valence-electron chi connectivity index (χ0n) is 18.9. The highest BCUT2D eigenvalue weighted by molar-refractivity contribution is 6.17. The molecule has 35 heavy (non-hydrogen) atoms. The number of hydrogen-bond donors (Lipinski definition) is 0. The summed E-state index contributed by atoms with van der Waals surface area (Å²) in [5, 5.41) is 3.67. The van der Waals surface area contributed by atoms with Crippen molar-refractivity contribution in [2.24, 2.45) is 0 Å². The van der Waals surface area contributed by atoms with E-state index < -0.39 is 0 Å². The highest BCUT2D eigenvalue weighted by Gasteiger charge is 2.30. The van der Waals surface area contributed by atoms with Crippen molar-refractivity contribution in [3.8, 4) is 22.3 Å². The van der Waals surface area contributed by atoms with Crippen molar-refractivity contribution in [1.82, 2.24) is 14.4 Å². The van der Waals surface area contributed by atoms with E-state index in [2.05, 4.69) is 88.2 Å². The number of pyridine rings is 2. The van der Waals surface area contributed by atoms with Crippen LogP contribution >= 0.6 is 0 Å². The molecule has 2 aliphatic rings. The number of hydrogen-bond acceptors (Lipinski definition) is 2. The maximum absolute atomic E-state index is 5.18. The van der Waals surface area contributed by atoms with E-state index in [4.69, 9.17) is 4.98 Å². The molecule has 162 valence electrons. The van der Waals surface area contributed by atoms with E-state index in [0.29, 0.717) is 0 Å². The molecule has 4 aromatic carbocycles. The SMILES string of the molecule is c1ccc2c(c1)Cc1ccc3c(c1-2)-c1ccc2c4cnccc4n4c5ccccc5nc4c2c1C3. The predicted octanol–water partition coefficient (Wildman–Crippen LogP) is 7.33. The van der Waals surface area contributed by atoms with Crippen LogP contribution in [0.2, 0.25) is 0 Å². The first-order valence-electron chi connectivity index (χ1n) is 12.2. The third kappa shape index (κ3) is 2.12. The highest BCUT2D eigenvalue weighted by atomic mass is 15.0. The third-order valence-corrected chi connectivity index (χ3v) is 8.11. The van der Waals surface area contributed by atoms with Gasteiger partial charge in [-0.05, 0) is 80.9 Å². The van der Waals surface area contributed by atoms with Crippen molar-refractivity contribution in [2.75, 3.05) is 0 Å². The highest BCUT2D eigenvalue weighted by Crippen LogP contribution is 2.51. The topological polar surface area (TPSA) is 30.2 Å². The fraction of sp³-hybridized carbons (Fsp3) is 0.0625. The molecule has 9 rings (SSSR count). The monoisotopic (exact) mass is 445 g/mol. The first-order chi connectivity index (χ1) is 17.4. The zero-order chi connectivity index (χ0) is 22.7. The van der Waals surface area contributed by atoms with Gasteiger partial charge in [-0.15, -0.1) is 0 Å². The maximum atomic E-state index is 5.18. The first kappa shape index (κ1) is 17.9. The summed E-state index contributed by atoms with van der Waals surface area (Å²) in [5.74, 6) is 0. The lowest BCUT2D eigenvalue weighted by Gasteiger charge is -2.13. The van der Waals surface area contributed by atoms with Crippen LogP contribution in [0.3, 0.4) is 0 Å². The maximum Gasteiger partial charge on any atom is 0.146 e. The van der Waals surface area contributed by atoms with E-state index in [0.717, 1.165) is 35.0 Å². The van der Waals surface area contributed by atoms with Gasteiger partial charge in [0.05, 0.1) is 16.6 Å². The Kier molecular flexibility index (Phi) is 3.14. The summed E-state index contributed by atoms with van der Waals surface area (Å²) in [4.78, 5) is 9.69. The lowest BCUT2D eigenvalue weighted by atomic mass is 9.92. The van der Waals surface area contributed by atoms with Crippen LogP contribution in [0.1, 0.15) is 22.3 Å². The molecule has 2 aliphatic carbocycles. The molecule has 0 bridgehead atoms. The third-order valence-electron chi connectivity index (χ3n) is 8.11. The molecule has 0 saturated heterocycles. The van der Waals surface area contributed by atoms with Crippen molar-refractivity contribution in [1.29, 1.82) is 0 Å². The Balaban J connectivity index is 1.47. The van der Waals surface area contributed by atoms with E-state index in [1.165, 1.54) is 60.7 Å². The van der Waals surface area contributed by atoms with Crippen molar-refractivity contribution in [3.63, 3.8) is 0 Å². The van der Waals surface area contributed by atoms with Crippen LogP contribution in [0.4, 0.5) is 0 Å². The molecule has 0 radical (unpaired) electrons. The molecule has 0 spiro atoms. The summed E-state index contributed by atoms with van der Waals surface area (Å²) in [5.41, 5.74) is 15.7. The lowest BCUT2D eigenvalue weighted by molar-refractivity contribution is 1.24. The second-order valence-corrected chi connectivity index (χ2v) is 9.81. The largest absolute Gasteiger partial charge is 0.292 e. The van der Waals surface area contributed by atoms with Gasteiger partial charge in [0, 0.05) is 23.2 Å². The van der Waals surface area contributed by atoms with Crippen LogP contribution in [-0.2, 0) is 12.8 Å². The van der Waals surface area contributed by atoms with Crippen LogP contribution in [0.5, 0.6) is 0 Å². The minimum absolute atomic E-state index is 0.933. The Hall–Kier alpha value is -4.50. The fourth-order valence-electron chi connectivity index (χ4n) is 6.69. The minimum atomic E-state index is 0.933. The molecule has 3 heteroatoms. The van der Waals surface area contributed by atoms with Gasteiger partial charge in [-0.25, -0.2) is 4.98 Å². The molecular weight excluding hydrogens is 426 g/mol. The van der Waals surface area contributed by atoms with Crippen molar-refractivity contribution in [2.45, 2.75) is 12.8 Å². The summed E-state index contributed by atoms with van der Waals surface area (Å²) in [6, 6.07) is 28.8. The van der Waals surface area contributed by atoms with Crippen molar-refractivity contribution < 1.29 is 0 Å². The number of para-hydroxylation sites is 2. The number of imidazole rings is 1. The Morgan fingerprint density at radius 2 is 1.46 bits per heavy atom. The molecule has 0 aliphatic heterocycles. The molecule has 0 atom stereocenters. The number of aromatic nitrogens is 3. The summed E-state index contributed by atoms with van der Waals surface area (Å²) in [6.45, 7) is 0. The van der Waals surface area contributed by atoms with E-state index in [-0.39, 0.29) is 0 Å². The number of fused-ring (bicyclic) bond motifs is 16. The van der Waals surface area contributed by atoms with Crippen LogP contribution in [0.15, 0.2) is 91.3 Å². The molecule has 7 aromatic rings. The Bertz CT molecular complexity index is 2060. The second-order valence-electron chi connectivity index (χ2n) is 9.81. The van der Waals surface area contributed by atoms with Crippen molar-refractivity contribution >= 4 is 38.4 Å². The van der Waals surface area contributed by atoms with Crippen molar-refractivity contribution in [3.05, 3.63) is 114 Å². The van der Waals surface area contributed by atoms with Crippen LogP contribution < -0.4 is 0 Å². The molecule has 3 aromatic heterocycles. The quantitative estimate of drug-likeness (QED) is 0.229. The van der Waals surface area contributed by atoms with E-state index >= 15 is 0 Å². The normalized spacial score (nSPS) is 13.5. The number of rotatable bonds is 0. The van der Waals surface area contributed by atoms with Crippen LogP contribution in [-0.4, -0.2) is 14.4 Å². The molecule has 3 heterocycles. The second kappa shape index (κ2) is 6.13. The Labute approximate surface area is 201 Å². The van der Waals surface area contributed by atoms with Crippen LogP contribution in [0.25, 0.3) is 60.6 Å². The van der Waals surface area contributed by atoms with Crippen LogP contribution in [0, 0.1) is 0 Å². The lowest BCUT2D eigenvalue weighted by Crippen LogP contribution is -1.95. The van der Waals surface area contributed by atoms with Gasteiger partial charge in [0.15, 0.2) is 0 Å². The van der Waals surface area contributed by atoms with Gasteiger partial charge < -0.3 is 0 Å². The Morgan fingerprint density at radius 1 is 0.629 bits per heavy atom. The average molecular weight is 446 g/mol. The standard InChI is InChI=1S/C32H19N3/c1-2-6-21-18(5-1)15-19-9-10-20-16-24-22(30(20)29(19)21)11-12-23-25-17-33-14-13-27(25)35-28-8-4-3-7-26(28)34-32(35)31(23)24/h1-14,17H,15-16H2. The number of nitrogens with zero attached hydrogens (tertiary/aromatic N) is 3. The van der Waals surface area contributed by atoms with Gasteiger partial charge in [0.1, 0.15) is 5.65 Å². The molecule has 0 saturated carbocycles. The van der Waals surface area contributed by atoms with Gasteiger partial charge in [-0.2, -0.15) is 0 Å². The van der Waals surface area contributed by atoms with Gasteiger partial charge in [-0.3, -0.25) is 9.38 Å². The molecule has 0 unspecified atom stereocenters. The molecule has 0 N–H and O–H groups in total. The Morgan fingerprint density at radius 3 is 2.43 bits per heavy atom. The summed E-state index contributed by atoms with van der Waals surface area (Å²) in [6.07, 6.45) is 5.84. The van der Waals surface area contributed by atoms with Gasteiger partial charge in [0.2, 0.25) is 0 Å². The smallest absolute Gasteiger partial charge is 0.146 e. The predicted molar refractivity (Wildman–Crippen MR) is 142 cm³/mol. The summed E-state index contributed by atoms with van der Waals surface area (Å²) >= 11 is 0. The van der Waals surface area contributed by atoms with Gasteiger partial charge in [-0.1, -0.05) is 60.7 Å². The molecule has 0 fully saturated rings. The van der Waals surface area contributed by atoms with E-state index in [9.17, 15) is 0 Å². The van der Waals surface area contributed by atoms with E-state index in [1.54, 1.807) is 0 Å². The summed E-state index contributed by atoms with van der Waals surface area (Å²) < 4.78 is 2.33.